The Labute approximate surface area is 103 Å². The first-order chi connectivity index (χ1) is 7.72. The van der Waals surface area contributed by atoms with Gasteiger partial charge in [0.25, 0.3) is 0 Å². The number of hydrogen-bond donors (Lipinski definition) is 1. The quantitative estimate of drug-likeness (QED) is 0.896. The Morgan fingerprint density at radius 3 is 2.81 bits per heavy atom. The molecule has 5 heteroatoms. The maximum Gasteiger partial charge on any atom is 0.176 e. The third kappa shape index (κ3) is 3.12. The van der Waals surface area contributed by atoms with E-state index in [4.69, 9.17) is 20.5 Å². The van der Waals surface area contributed by atoms with Gasteiger partial charge >= 0.3 is 0 Å². The number of rotatable bonds is 5. The number of methoxy groups -OCH3 is 1. The van der Waals surface area contributed by atoms with E-state index in [0.717, 1.165) is 16.5 Å². The van der Waals surface area contributed by atoms with Gasteiger partial charge in [-0.2, -0.15) is 5.26 Å². The van der Waals surface area contributed by atoms with Crippen molar-refractivity contribution in [3.8, 4) is 17.6 Å². The summed E-state index contributed by atoms with van der Waals surface area (Å²) >= 11 is 3.38. The van der Waals surface area contributed by atoms with Gasteiger partial charge in [-0.3, -0.25) is 0 Å². The lowest BCUT2D eigenvalue weighted by molar-refractivity contribution is 0.327. The minimum absolute atomic E-state index is 0.00873. The second-order valence-electron chi connectivity index (χ2n) is 3.09. The number of hydrogen-bond acceptors (Lipinski definition) is 4. The molecule has 0 radical (unpaired) electrons. The van der Waals surface area contributed by atoms with Crippen LogP contribution in [0.5, 0.6) is 11.5 Å². The van der Waals surface area contributed by atoms with Crippen LogP contribution in [0.15, 0.2) is 16.6 Å². The minimum atomic E-state index is -0.00873. The molecule has 16 heavy (non-hydrogen) atoms. The smallest absolute Gasteiger partial charge is 0.176 e. The van der Waals surface area contributed by atoms with Crippen molar-refractivity contribution in [1.82, 2.24) is 0 Å². The van der Waals surface area contributed by atoms with Gasteiger partial charge in [0.1, 0.15) is 6.07 Å². The molecule has 0 fully saturated rings. The zero-order valence-electron chi connectivity index (χ0n) is 9.00. The van der Waals surface area contributed by atoms with E-state index >= 15 is 0 Å². The van der Waals surface area contributed by atoms with E-state index in [-0.39, 0.29) is 6.61 Å². The zero-order valence-corrected chi connectivity index (χ0v) is 10.6. The van der Waals surface area contributed by atoms with E-state index in [1.54, 1.807) is 7.11 Å². The van der Waals surface area contributed by atoms with Crippen LogP contribution >= 0.6 is 15.9 Å². The van der Waals surface area contributed by atoms with Crippen molar-refractivity contribution in [1.29, 1.82) is 5.26 Å². The minimum Gasteiger partial charge on any atom is -0.493 e. The molecule has 1 aromatic rings. The Hall–Kier alpha value is -1.25. The van der Waals surface area contributed by atoms with Gasteiger partial charge in [-0.15, -0.1) is 0 Å². The van der Waals surface area contributed by atoms with Crippen molar-refractivity contribution in [3.63, 3.8) is 0 Å². The Bertz CT molecular complexity index is 402. The SMILES string of the molecule is COc1cc(CCN)cc(Br)c1OCC#N. The van der Waals surface area contributed by atoms with Crippen LogP contribution in [0.4, 0.5) is 0 Å². The molecule has 0 spiro atoms. The predicted octanol–water partition coefficient (Wildman–Crippen LogP) is 1.86. The van der Waals surface area contributed by atoms with Gasteiger partial charge in [-0.05, 0) is 46.6 Å². The highest BCUT2D eigenvalue weighted by Crippen LogP contribution is 2.36. The van der Waals surface area contributed by atoms with Gasteiger partial charge in [0, 0.05) is 0 Å². The Balaban J connectivity index is 3.03. The molecule has 0 saturated carbocycles. The third-order valence-electron chi connectivity index (χ3n) is 2.00. The number of halogens is 1. The molecule has 2 N–H and O–H groups in total. The van der Waals surface area contributed by atoms with Gasteiger partial charge in [0.2, 0.25) is 0 Å². The van der Waals surface area contributed by atoms with Crippen LogP contribution in [-0.2, 0) is 6.42 Å². The standard InChI is InChI=1S/C11H13BrN2O2/c1-15-10-7-8(2-3-13)6-9(12)11(10)16-5-4-14/h6-7H,2-3,5,13H2,1H3. The lowest BCUT2D eigenvalue weighted by Crippen LogP contribution is -2.04. The molecule has 86 valence electrons. The topological polar surface area (TPSA) is 68.3 Å². The second kappa shape index (κ2) is 6.36. The molecule has 0 amide bonds. The Morgan fingerprint density at radius 2 is 2.25 bits per heavy atom. The fraction of sp³-hybridized carbons (Fsp3) is 0.364. The summed E-state index contributed by atoms with van der Waals surface area (Å²) in [6.07, 6.45) is 0.771. The highest BCUT2D eigenvalue weighted by molar-refractivity contribution is 9.10. The first-order valence-corrected chi connectivity index (χ1v) is 5.58. The number of benzene rings is 1. The molecular weight excluding hydrogens is 272 g/mol. The normalized spacial score (nSPS) is 9.62. The zero-order chi connectivity index (χ0) is 12.0. The lowest BCUT2D eigenvalue weighted by atomic mass is 10.1. The van der Waals surface area contributed by atoms with Crippen LogP contribution in [0.25, 0.3) is 0 Å². The lowest BCUT2D eigenvalue weighted by Gasteiger charge is -2.12. The van der Waals surface area contributed by atoms with E-state index in [1.165, 1.54) is 0 Å². The Kier molecular flexibility index (Phi) is 5.09. The summed E-state index contributed by atoms with van der Waals surface area (Å²) in [5, 5.41) is 8.47. The van der Waals surface area contributed by atoms with Gasteiger partial charge in [-0.1, -0.05) is 0 Å². The Morgan fingerprint density at radius 1 is 1.50 bits per heavy atom. The summed E-state index contributed by atoms with van der Waals surface area (Å²) < 4.78 is 11.3. The van der Waals surface area contributed by atoms with Crippen molar-refractivity contribution >= 4 is 15.9 Å². The molecule has 0 aliphatic rings. The highest BCUT2D eigenvalue weighted by Gasteiger charge is 2.11. The molecule has 0 aliphatic carbocycles. The molecule has 0 unspecified atom stereocenters. The monoisotopic (exact) mass is 284 g/mol. The number of nitriles is 1. The molecule has 0 bridgehead atoms. The van der Waals surface area contributed by atoms with Crippen LogP contribution in [0.3, 0.4) is 0 Å². The van der Waals surface area contributed by atoms with Gasteiger partial charge < -0.3 is 15.2 Å². The van der Waals surface area contributed by atoms with E-state index in [0.29, 0.717) is 18.0 Å². The van der Waals surface area contributed by atoms with Gasteiger partial charge in [0.15, 0.2) is 18.1 Å². The van der Waals surface area contributed by atoms with Crippen LogP contribution in [0.2, 0.25) is 0 Å². The van der Waals surface area contributed by atoms with Gasteiger partial charge in [0.05, 0.1) is 11.6 Å². The molecule has 0 atom stereocenters. The van der Waals surface area contributed by atoms with Crippen LogP contribution < -0.4 is 15.2 Å². The van der Waals surface area contributed by atoms with Crippen molar-refractivity contribution in [2.24, 2.45) is 5.73 Å². The largest absolute Gasteiger partial charge is 0.493 e. The summed E-state index contributed by atoms with van der Waals surface area (Å²) in [5.74, 6) is 1.15. The molecule has 0 aliphatic heterocycles. The molecule has 0 saturated heterocycles. The van der Waals surface area contributed by atoms with Crippen molar-refractivity contribution in [2.75, 3.05) is 20.3 Å². The molecule has 4 nitrogen and oxygen atoms in total. The maximum atomic E-state index is 8.47. The molecule has 1 aromatic carbocycles. The summed E-state index contributed by atoms with van der Waals surface area (Å²) in [4.78, 5) is 0. The number of nitrogens with zero attached hydrogens (tertiary/aromatic N) is 1. The highest BCUT2D eigenvalue weighted by atomic mass is 79.9. The van der Waals surface area contributed by atoms with Crippen LogP contribution in [-0.4, -0.2) is 20.3 Å². The second-order valence-corrected chi connectivity index (χ2v) is 3.95. The van der Waals surface area contributed by atoms with E-state index in [9.17, 15) is 0 Å². The summed E-state index contributed by atoms with van der Waals surface area (Å²) in [6.45, 7) is 0.569. The first-order valence-electron chi connectivity index (χ1n) is 4.79. The maximum absolute atomic E-state index is 8.47. The fourth-order valence-electron chi connectivity index (χ4n) is 1.33. The summed E-state index contributed by atoms with van der Waals surface area (Å²) in [7, 11) is 1.56. The molecule has 0 heterocycles. The first kappa shape index (κ1) is 12.8. The van der Waals surface area contributed by atoms with Crippen LogP contribution in [0.1, 0.15) is 5.56 Å². The predicted molar refractivity (Wildman–Crippen MR) is 64.6 cm³/mol. The van der Waals surface area contributed by atoms with Crippen LogP contribution in [0, 0.1) is 11.3 Å². The molecular formula is C11H13BrN2O2. The third-order valence-corrected chi connectivity index (χ3v) is 2.59. The van der Waals surface area contributed by atoms with Crippen molar-refractivity contribution < 1.29 is 9.47 Å². The van der Waals surface area contributed by atoms with E-state index in [2.05, 4.69) is 15.9 Å². The van der Waals surface area contributed by atoms with Crippen molar-refractivity contribution in [2.45, 2.75) is 6.42 Å². The van der Waals surface area contributed by atoms with E-state index < -0.39 is 0 Å². The average molecular weight is 285 g/mol. The molecule has 0 aromatic heterocycles. The van der Waals surface area contributed by atoms with Crippen molar-refractivity contribution in [3.05, 3.63) is 22.2 Å². The van der Waals surface area contributed by atoms with E-state index in [1.807, 2.05) is 18.2 Å². The summed E-state index contributed by atoms with van der Waals surface area (Å²) in [5.41, 5.74) is 6.56. The molecule has 1 rings (SSSR count). The number of ether oxygens (including phenoxy) is 2. The average Bonchev–Trinajstić information content (AvgIpc) is 2.27. The summed E-state index contributed by atoms with van der Waals surface area (Å²) in [6, 6.07) is 5.70. The van der Waals surface area contributed by atoms with Gasteiger partial charge in [-0.25, -0.2) is 0 Å². The fourth-order valence-corrected chi connectivity index (χ4v) is 1.93. The number of nitrogens with two attached hydrogens (primary N) is 1.